The van der Waals surface area contributed by atoms with Crippen LogP contribution < -0.4 is 21.8 Å². The third-order valence-corrected chi connectivity index (χ3v) is 3.38. The van der Waals surface area contributed by atoms with Gasteiger partial charge in [-0.1, -0.05) is 6.07 Å². The van der Waals surface area contributed by atoms with Gasteiger partial charge in [-0.2, -0.15) is 0 Å². The minimum atomic E-state index is -0.513. The molecule has 0 spiro atoms. The van der Waals surface area contributed by atoms with Gasteiger partial charge < -0.3 is 9.97 Å². The molecule has 2 aromatic heterocycles. The molecule has 0 saturated heterocycles. The zero-order chi connectivity index (χ0) is 17.8. The zero-order valence-electron chi connectivity index (χ0n) is 12.8. The van der Waals surface area contributed by atoms with Crippen molar-refractivity contribution in [2.75, 3.05) is 0 Å². The summed E-state index contributed by atoms with van der Waals surface area (Å²) in [6.07, 6.45) is 4.49. The molecule has 0 unspecified atom stereocenters. The number of nitrogens with one attached hydrogen (secondary N) is 2. The van der Waals surface area contributed by atoms with Gasteiger partial charge in [0.05, 0.1) is 10.6 Å². The molecule has 8 heteroatoms. The number of pyridine rings is 1. The monoisotopic (exact) mass is 336 g/mol. The Hall–Kier alpha value is -3.81. The van der Waals surface area contributed by atoms with E-state index in [4.69, 9.17) is 0 Å². The normalized spacial score (nSPS) is 12.3. The van der Waals surface area contributed by atoms with Gasteiger partial charge in [0.2, 0.25) is 0 Å². The maximum atomic E-state index is 12.2. The van der Waals surface area contributed by atoms with Crippen LogP contribution in [0.4, 0.5) is 5.69 Å². The molecular weight excluding hydrogens is 324 g/mol. The fraction of sp³-hybridized carbons (Fsp3) is 0. The Labute approximate surface area is 140 Å². The Bertz CT molecular complexity index is 1150. The van der Waals surface area contributed by atoms with Gasteiger partial charge in [-0.3, -0.25) is 24.7 Å². The van der Waals surface area contributed by atoms with Crippen LogP contribution >= 0.6 is 0 Å². The Kier molecular flexibility index (Phi) is 4.34. The molecule has 8 nitrogen and oxygen atoms in total. The fourth-order valence-corrected chi connectivity index (χ4v) is 2.16. The van der Waals surface area contributed by atoms with Crippen LogP contribution in [0.1, 0.15) is 11.3 Å². The third kappa shape index (κ3) is 3.75. The second-order valence-electron chi connectivity index (χ2n) is 5.13. The first kappa shape index (κ1) is 16.1. The summed E-state index contributed by atoms with van der Waals surface area (Å²) in [5, 5.41) is 10.8. The first-order valence-corrected chi connectivity index (χ1v) is 7.24. The average Bonchev–Trinajstić information content (AvgIpc) is 2.60. The second kappa shape index (κ2) is 6.75. The molecule has 25 heavy (non-hydrogen) atoms. The molecule has 0 radical (unpaired) electrons. The molecule has 0 aliphatic carbocycles. The molecule has 0 aliphatic heterocycles. The van der Waals surface area contributed by atoms with Crippen LogP contribution in [0.25, 0.3) is 12.2 Å². The highest BCUT2D eigenvalue weighted by molar-refractivity contribution is 5.50. The summed E-state index contributed by atoms with van der Waals surface area (Å²) in [5.74, 6) is 0. The number of hydrogen-bond donors (Lipinski definition) is 2. The third-order valence-electron chi connectivity index (χ3n) is 3.38. The van der Waals surface area contributed by atoms with Gasteiger partial charge >= 0.3 is 0 Å². The number of non-ortho nitro benzene ring substituents is 1. The summed E-state index contributed by atoms with van der Waals surface area (Å²) in [7, 11) is 0. The van der Waals surface area contributed by atoms with Crippen molar-refractivity contribution < 1.29 is 4.92 Å². The summed E-state index contributed by atoms with van der Waals surface area (Å²) in [5.41, 5.74) is 0.0716. The van der Waals surface area contributed by atoms with Crippen LogP contribution in [-0.2, 0) is 0 Å². The van der Waals surface area contributed by atoms with E-state index in [0.717, 1.165) is 0 Å². The number of rotatable bonds is 3. The van der Waals surface area contributed by atoms with Crippen molar-refractivity contribution in [1.29, 1.82) is 0 Å². The van der Waals surface area contributed by atoms with E-state index in [1.165, 1.54) is 36.4 Å². The zero-order valence-corrected chi connectivity index (χ0v) is 12.8. The lowest BCUT2D eigenvalue weighted by molar-refractivity contribution is -0.384. The molecule has 1 aromatic carbocycles. The van der Waals surface area contributed by atoms with E-state index in [9.17, 15) is 19.7 Å². The van der Waals surface area contributed by atoms with Gasteiger partial charge in [0.25, 0.3) is 16.8 Å². The lowest BCUT2D eigenvalue weighted by Gasteiger charge is -1.95. The van der Waals surface area contributed by atoms with Crippen molar-refractivity contribution in [3.8, 4) is 0 Å². The SMILES string of the molecule is O=c1[nH]c(=Cc2ccccn2)c(=O)[nH]c1=Cc1ccc([N+](=O)[O-])cc1. The number of aromatic amines is 2. The number of nitro benzene ring substituents is 1. The highest BCUT2D eigenvalue weighted by atomic mass is 16.6. The summed E-state index contributed by atoms with van der Waals surface area (Å²) < 4.78 is 0. The molecular formula is C17H12N4O4. The summed E-state index contributed by atoms with van der Waals surface area (Å²) in [6.45, 7) is 0. The topological polar surface area (TPSA) is 122 Å². The van der Waals surface area contributed by atoms with Gasteiger partial charge in [-0.25, -0.2) is 0 Å². The molecule has 3 rings (SSSR count). The summed E-state index contributed by atoms with van der Waals surface area (Å²) in [4.78, 5) is 43.5. The molecule has 0 bridgehead atoms. The van der Waals surface area contributed by atoms with Gasteiger partial charge in [0.15, 0.2) is 0 Å². The summed E-state index contributed by atoms with van der Waals surface area (Å²) in [6, 6.07) is 10.8. The molecule has 0 aliphatic rings. The number of H-pyrrole nitrogens is 2. The van der Waals surface area contributed by atoms with E-state index in [1.54, 1.807) is 24.4 Å². The number of benzene rings is 1. The van der Waals surface area contributed by atoms with Crippen LogP contribution in [0, 0.1) is 10.1 Å². The highest BCUT2D eigenvalue weighted by Gasteiger charge is 2.03. The second-order valence-corrected chi connectivity index (χ2v) is 5.13. The van der Waals surface area contributed by atoms with Crippen molar-refractivity contribution in [2.24, 2.45) is 0 Å². The number of hydrogen-bond acceptors (Lipinski definition) is 5. The molecule has 0 fully saturated rings. The van der Waals surface area contributed by atoms with Crippen LogP contribution in [0.5, 0.6) is 0 Å². The predicted molar refractivity (Wildman–Crippen MR) is 91.4 cm³/mol. The van der Waals surface area contributed by atoms with Gasteiger partial charge in [0, 0.05) is 18.3 Å². The minimum Gasteiger partial charge on any atom is -0.316 e. The Balaban J connectivity index is 2.06. The predicted octanol–water partition coefficient (Wildman–Crippen LogP) is 0.0240. The molecule has 3 aromatic rings. The first-order valence-electron chi connectivity index (χ1n) is 7.24. The van der Waals surface area contributed by atoms with Crippen molar-refractivity contribution in [3.63, 3.8) is 0 Å². The molecule has 2 heterocycles. The van der Waals surface area contributed by atoms with Crippen molar-refractivity contribution in [2.45, 2.75) is 0 Å². The Morgan fingerprint density at radius 3 is 2.12 bits per heavy atom. The van der Waals surface area contributed by atoms with E-state index in [0.29, 0.717) is 11.3 Å². The average molecular weight is 336 g/mol. The van der Waals surface area contributed by atoms with Gasteiger partial charge in [0.1, 0.15) is 10.7 Å². The van der Waals surface area contributed by atoms with E-state index in [2.05, 4.69) is 15.0 Å². The standard InChI is InChI=1S/C17H12N4O4/c22-16-14(9-11-4-6-13(7-5-11)21(24)25)19-17(23)15(20-16)10-12-3-1-2-8-18-12/h1-10H,(H,19,23)(H,20,22). The van der Waals surface area contributed by atoms with Crippen LogP contribution in [0.15, 0.2) is 58.3 Å². The van der Waals surface area contributed by atoms with E-state index in [-0.39, 0.29) is 16.4 Å². The highest BCUT2D eigenvalue weighted by Crippen LogP contribution is 2.11. The van der Waals surface area contributed by atoms with Crippen molar-refractivity contribution in [1.82, 2.24) is 15.0 Å². The molecule has 0 saturated carbocycles. The lowest BCUT2D eigenvalue weighted by Crippen LogP contribution is -2.46. The minimum absolute atomic E-state index is 0.0528. The molecule has 0 amide bonds. The maximum Gasteiger partial charge on any atom is 0.272 e. The number of nitrogens with zero attached hydrogens (tertiary/aromatic N) is 2. The van der Waals surface area contributed by atoms with Gasteiger partial charge in [-0.15, -0.1) is 0 Å². The molecule has 0 atom stereocenters. The number of nitro groups is 1. The summed E-state index contributed by atoms with van der Waals surface area (Å²) >= 11 is 0. The van der Waals surface area contributed by atoms with E-state index < -0.39 is 16.0 Å². The Morgan fingerprint density at radius 1 is 0.920 bits per heavy atom. The lowest BCUT2D eigenvalue weighted by atomic mass is 10.2. The molecule has 124 valence electrons. The van der Waals surface area contributed by atoms with Crippen LogP contribution in [0.2, 0.25) is 0 Å². The smallest absolute Gasteiger partial charge is 0.272 e. The maximum absolute atomic E-state index is 12.2. The fourth-order valence-electron chi connectivity index (χ4n) is 2.16. The van der Waals surface area contributed by atoms with Crippen LogP contribution in [0.3, 0.4) is 0 Å². The molecule has 2 N–H and O–H groups in total. The Morgan fingerprint density at radius 2 is 1.56 bits per heavy atom. The van der Waals surface area contributed by atoms with Crippen molar-refractivity contribution in [3.05, 3.63) is 101 Å². The van der Waals surface area contributed by atoms with E-state index in [1.807, 2.05) is 0 Å². The van der Waals surface area contributed by atoms with E-state index >= 15 is 0 Å². The quantitative estimate of drug-likeness (QED) is 0.516. The number of aromatic nitrogens is 3. The van der Waals surface area contributed by atoms with Crippen molar-refractivity contribution >= 4 is 17.8 Å². The van der Waals surface area contributed by atoms with Crippen LogP contribution in [-0.4, -0.2) is 19.9 Å². The van der Waals surface area contributed by atoms with Gasteiger partial charge in [-0.05, 0) is 42.0 Å². The largest absolute Gasteiger partial charge is 0.316 e. The first-order chi connectivity index (χ1) is 12.0.